The van der Waals surface area contributed by atoms with Gasteiger partial charge in [0.15, 0.2) is 11.6 Å². The van der Waals surface area contributed by atoms with Gasteiger partial charge >= 0.3 is 6.18 Å². The molecule has 3 rings (SSSR count). The second kappa shape index (κ2) is 13.2. The second-order valence-corrected chi connectivity index (χ2v) is 10.3. The molecule has 1 saturated heterocycles. The van der Waals surface area contributed by atoms with Gasteiger partial charge in [0, 0.05) is 49.5 Å². The molecule has 40 heavy (non-hydrogen) atoms. The summed E-state index contributed by atoms with van der Waals surface area (Å²) < 4.78 is 45.6. The van der Waals surface area contributed by atoms with Crippen molar-refractivity contribution in [3.63, 3.8) is 0 Å². The average molecular weight is 585 g/mol. The third kappa shape index (κ3) is 7.42. The molecule has 0 saturated carbocycles. The van der Waals surface area contributed by atoms with Crippen molar-refractivity contribution < 1.29 is 27.8 Å². The van der Waals surface area contributed by atoms with Gasteiger partial charge in [-0.05, 0) is 52.9 Å². The quantitative estimate of drug-likeness (QED) is 0.361. The number of alkyl halides is 3. The van der Waals surface area contributed by atoms with E-state index < -0.39 is 18.3 Å². The molecule has 0 spiro atoms. The monoisotopic (exact) mass is 584 g/mol. The summed E-state index contributed by atoms with van der Waals surface area (Å²) in [4.78, 5) is 25.3. The molecule has 0 unspecified atom stereocenters. The number of ether oxygens (including phenoxy) is 1. The minimum absolute atomic E-state index is 0.0391. The first kappa shape index (κ1) is 31.6. The van der Waals surface area contributed by atoms with Crippen LogP contribution < -0.4 is 20.7 Å². The van der Waals surface area contributed by atoms with Gasteiger partial charge in [-0.1, -0.05) is 11.6 Å². The van der Waals surface area contributed by atoms with Gasteiger partial charge in [-0.25, -0.2) is 9.97 Å². The summed E-state index contributed by atoms with van der Waals surface area (Å²) in [5.74, 6) is 0.817. The van der Waals surface area contributed by atoms with E-state index in [4.69, 9.17) is 27.1 Å². The molecule has 220 valence electrons. The van der Waals surface area contributed by atoms with Gasteiger partial charge in [0.05, 0.1) is 16.3 Å². The summed E-state index contributed by atoms with van der Waals surface area (Å²) in [5, 5.41) is 13.2. The van der Waals surface area contributed by atoms with E-state index in [1.54, 1.807) is 39.1 Å². The van der Waals surface area contributed by atoms with E-state index in [-0.39, 0.29) is 55.7 Å². The number of piperazine rings is 1. The number of rotatable bonds is 10. The molecule has 9 nitrogen and oxygen atoms in total. The zero-order valence-electron chi connectivity index (χ0n) is 23.3. The topological polar surface area (TPSA) is 117 Å². The van der Waals surface area contributed by atoms with E-state index in [0.717, 1.165) is 6.92 Å². The van der Waals surface area contributed by atoms with Crippen molar-refractivity contribution in [3.05, 3.63) is 40.2 Å². The van der Waals surface area contributed by atoms with Crippen LogP contribution >= 0.6 is 11.6 Å². The zero-order chi connectivity index (χ0) is 29.8. The molecule has 2 aromatic rings. The van der Waals surface area contributed by atoms with Crippen LogP contribution in [0.1, 0.15) is 32.0 Å². The summed E-state index contributed by atoms with van der Waals surface area (Å²) >= 11 is 6.55. The number of Topliss-reactive ketones (excluding diaryl/α,β-unsaturated/α-hetero) is 1. The number of anilines is 1. The highest BCUT2D eigenvalue weighted by atomic mass is 35.5. The van der Waals surface area contributed by atoms with E-state index in [9.17, 15) is 23.1 Å². The summed E-state index contributed by atoms with van der Waals surface area (Å²) in [7, 11) is 1.72. The summed E-state index contributed by atoms with van der Waals surface area (Å²) in [6.07, 6.45) is -5.05. The first-order chi connectivity index (χ1) is 18.7. The number of halogens is 4. The van der Waals surface area contributed by atoms with Crippen molar-refractivity contribution in [3.8, 4) is 17.1 Å². The third-order valence-electron chi connectivity index (χ3n) is 6.80. The molecule has 13 heteroatoms. The van der Waals surface area contributed by atoms with Crippen LogP contribution in [-0.4, -0.2) is 90.5 Å². The van der Waals surface area contributed by atoms with Crippen LogP contribution in [0.25, 0.3) is 17.0 Å². The van der Waals surface area contributed by atoms with Crippen molar-refractivity contribution in [1.29, 1.82) is 0 Å². The Morgan fingerprint density at radius 1 is 1.23 bits per heavy atom. The normalized spacial score (nSPS) is 16.9. The summed E-state index contributed by atoms with van der Waals surface area (Å²) in [5.41, 5.74) is 7.92. The Bertz CT molecular complexity index is 1240. The maximum atomic E-state index is 13.3. The fourth-order valence-corrected chi connectivity index (χ4v) is 4.79. The molecule has 4 N–H and O–H groups in total. The predicted octanol–water partition coefficient (Wildman–Crippen LogP) is 3.42. The van der Waals surface area contributed by atoms with Gasteiger partial charge < -0.3 is 25.8 Å². The van der Waals surface area contributed by atoms with Crippen LogP contribution in [-0.2, 0) is 4.79 Å². The lowest BCUT2D eigenvalue weighted by molar-refractivity contribution is -0.179. The minimum atomic E-state index is -4.32. The number of nitrogens with one attached hydrogen (secondary N) is 1. The smallest absolute Gasteiger partial charge is 0.403 e. The number of hydrogen-bond donors (Lipinski definition) is 3. The molecule has 0 bridgehead atoms. The number of carbonyl (C=O) groups is 1. The molecule has 1 aromatic carbocycles. The highest BCUT2D eigenvalue weighted by Crippen LogP contribution is 2.35. The van der Waals surface area contributed by atoms with Gasteiger partial charge in [0.1, 0.15) is 30.3 Å². The Hall–Kier alpha value is -2.93. The van der Waals surface area contributed by atoms with Crippen molar-refractivity contribution >= 4 is 28.8 Å². The Kier molecular flexibility index (Phi) is 10.4. The van der Waals surface area contributed by atoms with Gasteiger partial charge in [0.2, 0.25) is 0 Å². The number of aromatic nitrogens is 2. The molecule has 0 aliphatic carbocycles. The molecule has 0 radical (unpaired) electrons. The van der Waals surface area contributed by atoms with Gasteiger partial charge in [-0.15, -0.1) is 0 Å². The molecule has 1 aliphatic rings. The second-order valence-electron chi connectivity index (χ2n) is 9.86. The van der Waals surface area contributed by atoms with E-state index in [1.165, 1.54) is 11.8 Å². The van der Waals surface area contributed by atoms with Gasteiger partial charge in [-0.2, -0.15) is 13.2 Å². The van der Waals surface area contributed by atoms with Crippen LogP contribution in [0, 0.1) is 6.92 Å². The minimum Gasteiger partial charge on any atom is -0.491 e. The van der Waals surface area contributed by atoms with Crippen molar-refractivity contribution in [2.45, 2.75) is 46.0 Å². The van der Waals surface area contributed by atoms with E-state index >= 15 is 0 Å². The Balaban J connectivity index is 2.06. The van der Waals surface area contributed by atoms with Gasteiger partial charge in [-0.3, -0.25) is 9.69 Å². The molecule has 2 heterocycles. The number of carbonyl (C=O) groups excluding carboxylic acids is 1. The molecule has 0 amide bonds. The summed E-state index contributed by atoms with van der Waals surface area (Å²) in [6, 6.07) is 3.35. The van der Waals surface area contributed by atoms with E-state index in [0.29, 0.717) is 40.0 Å². The van der Waals surface area contributed by atoms with Crippen LogP contribution in [0.4, 0.5) is 19.0 Å². The molecule has 1 fully saturated rings. The molecule has 1 aromatic heterocycles. The van der Waals surface area contributed by atoms with E-state index in [2.05, 4.69) is 10.3 Å². The number of aliphatic hydroxyl groups excluding tert-OH is 1. The lowest BCUT2D eigenvalue weighted by atomic mass is 10.0. The molecular formula is C27H36ClF3N6O3. The Labute approximate surface area is 237 Å². The molecular weight excluding hydrogens is 549 g/mol. The van der Waals surface area contributed by atoms with Crippen molar-refractivity contribution in [2.75, 3.05) is 51.3 Å². The number of allylic oxidation sites excluding steroid dienone is 2. The zero-order valence-corrected chi connectivity index (χ0v) is 24.0. The number of hydrogen-bond acceptors (Lipinski definition) is 9. The third-order valence-corrected chi connectivity index (χ3v) is 7.13. The predicted molar refractivity (Wildman–Crippen MR) is 149 cm³/mol. The number of benzene rings is 1. The highest BCUT2D eigenvalue weighted by Gasteiger charge is 2.41. The van der Waals surface area contributed by atoms with Crippen LogP contribution in [0.3, 0.4) is 0 Å². The Morgan fingerprint density at radius 2 is 1.88 bits per heavy atom. The molecule has 2 atom stereocenters. The van der Waals surface area contributed by atoms with Crippen molar-refractivity contribution in [2.24, 2.45) is 5.73 Å². The van der Waals surface area contributed by atoms with Crippen LogP contribution in [0.5, 0.6) is 5.75 Å². The van der Waals surface area contributed by atoms with Crippen molar-refractivity contribution in [1.82, 2.24) is 20.2 Å². The lowest BCUT2D eigenvalue weighted by Crippen LogP contribution is -2.54. The standard InChI is InChI=1S/C27H36ClF3N6O3/c1-15-24(23(16(2)32)17(3)38)34-25(21-12-20(6-7-22(21)28)40-14-19(39)13-33-5)35-26(15)37-10-8-36(9-11-37)18(4)27(29,30)31/h6-7,12,18-19,33,39H,8-11,13-14,32H2,1-5H3/t18-,19+/m0/s1. The van der Waals surface area contributed by atoms with Gasteiger partial charge in [0.25, 0.3) is 0 Å². The van der Waals surface area contributed by atoms with E-state index in [1.807, 2.05) is 4.90 Å². The first-order valence-corrected chi connectivity index (χ1v) is 13.3. The number of ketones is 1. The van der Waals surface area contributed by atoms with Crippen LogP contribution in [0.2, 0.25) is 5.02 Å². The largest absolute Gasteiger partial charge is 0.491 e. The first-order valence-electron chi connectivity index (χ1n) is 12.9. The SMILES string of the molecule is CNC[C@@H](O)COc1ccc(Cl)c(-c2nc(C(C(C)=O)=C(C)N)c(C)c(N3CCN([C@@H](C)C(F)(F)F)CC3)n2)c1. The lowest BCUT2D eigenvalue weighted by Gasteiger charge is -2.39. The number of nitrogens with zero attached hydrogens (tertiary/aromatic N) is 4. The fraction of sp³-hybridized carbons (Fsp3) is 0.519. The maximum absolute atomic E-state index is 13.3. The maximum Gasteiger partial charge on any atom is 0.403 e. The Morgan fingerprint density at radius 3 is 2.42 bits per heavy atom. The number of likely N-dealkylation sites (N-methyl/N-ethyl adjacent to an activating group) is 1. The molecule has 1 aliphatic heterocycles. The summed E-state index contributed by atoms with van der Waals surface area (Å²) in [6.45, 7) is 7.24. The highest BCUT2D eigenvalue weighted by molar-refractivity contribution is 6.33. The fourth-order valence-electron chi connectivity index (χ4n) is 4.59. The van der Waals surface area contributed by atoms with Crippen LogP contribution in [0.15, 0.2) is 23.9 Å². The average Bonchev–Trinajstić information content (AvgIpc) is 2.88. The number of aliphatic hydroxyl groups is 1. The number of nitrogens with two attached hydrogens (primary N) is 1.